The summed E-state index contributed by atoms with van der Waals surface area (Å²) < 4.78 is 21.8. The number of hydrogen-bond acceptors (Lipinski definition) is 7. The Morgan fingerprint density at radius 1 is 0.897 bits per heavy atom. The van der Waals surface area contributed by atoms with Gasteiger partial charge in [0.2, 0.25) is 0 Å². The highest BCUT2D eigenvalue weighted by Crippen LogP contribution is 2.33. The molecule has 0 N–H and O–H groups in total. The smallest absolute Gasteiger partial charge is 0.161 e. The first kappa shape index (κ1) is 19.3. The van der Waals surface area contributed by atoms with Gasteiger partial charge in [0.25, 0.3) is 0 Å². The number of thiazole rings is 1. The molecule has 1 aromatic carbocycles. The lowest BCUT2D eigenvalue weighted by atomic mass is 10.2. The zero-order valence-corrected chi connectivity index (χ0v) is 17.1. The Labute approximate surface area is 173 Å². The molecule has 0 amide bonds. The van der Waals surface area contributed by atoms with Crippen LogP contribution in [0.5, 0.6) is 11.5 Å². The van der Waals surface area contributed by atoms with E-state index in [1.807, 2.05) is 42.5 Å². The maximum atomic E-state index is 5.53. The Balaban J connectivity index is 1.52. The number of ether oxygens (including phenoxy) is 2. The van der Waals surface area contributed by atoms with Crippen molar-refractivity contribution in [2.75, 3.05) is 14.2 Å². The van der Waals surface area contributed by atoms with Crippen LogP contribution < -0.4 is 9.47 Å². The SMILES string of the molecule is COc1ccc(-c2nc(CN(Cc3ccco3)Cc3ccco3)cs2)cc1OC. The fourth-order valence-corrected chi connectivity index (χ4v) is 3.93. The van der Waals surface area contributed by atoms with Gasteiger partial charge in [-0.15, -0.1) is 11.3 Å². The minimum atomic E-state index is 0.677. The molecule has 0 saturated heterocycles. The molecule has 3 aromatic heterocycles. The summed E-state index contributed by atoms with van der Waals surface area (Å²) in [5, 5.41) is 3.03. The first-order chi connectivity index (χ1) is 14.2. The summed E-state index contributed by atoms with van der Waals surface area (Å²) in [6, 6.07) is 13.6. The summed E-state index contributed by atoms with van der Waals surface area (Å²) in [6.07, 6.45) is 3.39. The van der Waals surface area contributed by atoms with Crippen molar-refractivity contribution in [3.63, 3.8) is 0 Å². The van der Waals surface area contributed by atoms with Gasteiger partial charge in [-0.1, -0.05) is 0 Å². The van der Waals surface area contributed by atoms with Crippen LogP contribution in [0, 0.1) is 0 Å². The average Bonchev–Trinajstić information content (AvgIpc) is 3.51. The molecule has 3 heterocycles. The van der Waals surface area contributed by atoms with Crippen LogP contribution in [-0.2, 0) is 19.6 Å². The highest BCUT2D eigenvalue weighted by atomic mass is 32.1. The minimum absolute atomic E-state index is 0.677. The number of furan rings is 2. The highest BCUT2D eigenvalue weighted by Gasteiger charge is 2.15. The standard InChI is InChI=1S/C22H22N2O4S/c1-25-20-8-7-16(11-21(20)26-2)22-23-17(15-29-22)12-24(13-18-5-3-9-27-18)14-19-6-4-10-28-19/h3-11,15H,12-14H2,1-2H3. The van der Waals surface area contributed by atoms with E-state index < -0.39 is 0 Å². The number of nitrogens with zero attached hydrogens (tertiary/aromatic N) is 2. The van der Waals surface area contributed by atoms with E-state index in [-0.39, 0.29) is 0 Å². The summed E-state index contributed by atoms with van der Waals surface area (Å²) in [5.74, 6) is 3.22. The van der Waals surface area contributed by atoms with Gasteiger partial charge in [-0.05, 0) is 42.5 Å². The van der Waals surface area contributed by atoms with Gasteiger partial charge in [0.15, 0.2) is 11.5 Å². The third kappa shape index (κ3) is 4.70. The molecule has 7 heteroatoms. The largest absolute Gasteiger partial charge is 0.493 e. The third-order valence-electron chi connectivity index (χ3n) is 4.49. The van der Waals surface area contributed by atoms with Crippen molar-refractivity contribution in [2.24, 2.45) is 0 Å². The quantitative estimate of drug-likeness (QED) is 0.377. The first-order valence-corrected chi connectivity index (χ1v) is 10.1. The van der Waals surface area contributed by atoms with E-state index in [1.165, 1.54) is 0 Å². The molecule has 0 aliphatic heterocycles. The van der Waals surface area contributed by atoms with E-state index in [1.54, 1.807) is 38.1 Å². The second-order valence-electron chi connectivity index (χ2n) is 6.52. The fraction of sp³-hybridized carbons (Fsp3) is 0.227. The van der Waals surface area contributed by atoms with Gasteiger partial charge in [0.1, 0.15) is 16.5 Å². The molecular weight excluding hydrogens is 388 g/mol. The molecule has 0 spiro atoms. The molecular formula is C22H22N2O4S. The van der Waals surface area contributed by atoms with Crippen molar-refractivity contribution >= 4 is 11.3 Å². The third-order valence-corrected chi connectivity index (χ3v) is 5.43. The monoisotopic (exact) mass is 410 g/mol. The fourth-order valence-electron chi connectivity index (χ4n) is 3.12. The van der Waals surface area contributed by atoms with E-state index >= 15 is 0 Å². The molecule has 0 fully saturated rings. The van der Waals surface area contributed by atoms with E-state index in [4.69, 9.17) is 23.3 Å². The summed E-state index contributed by atoms with van der Waals surface area (Å²) >= 11 is 1.61. The van der Waals surface area contributed by atoms with Crippen molar-refractivity contribution in [1.29, 1.82) is 0 Å². The van der Waals surface area contributed by atoms with Crippen LogP contribution >= 0.6 is 11.3 Å². The number of rotatable bonds is 9. The molecule has 0 aliphatic rings. The lowest BCUT2D eigenvalue weighted by Crippen LogP contribution is -2.22. The minimum Gasteiger partial charge on any atom is -0.493 e. The van der Waals surface area contributed by atoms with E-state index in [2.05, 4.69) is 10.3 Å². The predicted octanol–water partition coefficient (Wildman–Crippen LogP) is 5.22. The van der Waals surface area contributed by atoms with E-state index in [0.29, 0.717) is 31.1 Å². The highest BCUT2D eigenvalue weighted by molar-refractivity contribution is 7.13. The summed E-state index contributed by atoms with van der Waals surface area (Å²) in [6.45, 7) is 2.04. The molecule has 29 heavy (non-hydrogen) atoms. The lowest BCUT2D eigenvalue weighted by molar-refractivity contribution is 0.207. The van der Waals surface area contributed by atoms with Crippen molar-refractivity contribution in [2.45, 2.75) is 19.6 Å². The predicted molar refractivity (Wildman–Crippen MR) is 111 cm³/mol. The van der Waals surface area contributed by atoms with Crippen LogP contribution in [0.25, 0.3) is 10.6 Å². The van der Waals surface area contributed by atoms with Gasteiger partial charge in [0, 0.05) is 17.5 Å². The van der Waals surface area contributed by atoms with Crippen LogP contribution in [-0.4, -0.2) is 24.1 Å². The second kappa shape index (κ2) is 8.98. The van der Waals surface area contributed by atoms with E-state index in [9.17, 15) is 0 Å². The van der Waals surface area contributed by atoms with Crippen LogP contribution in [0.15, 0.2) is 69.2 Å². The zero-order chi connectivity index (χ0) is 20.1. The molecule has 0 atom stereocenters. The summed E-state index contributed by atoms with van der Waals surface area (Å²) in [4.78, 5) is 7.07. The van der Waals surface area contributed by atoms with Gasteiger partial charge in [0.05, 0.1) is 45.5 Å². The van der Waals surface area contributed by atoms with Crippen molar-refractivity contribution in [3.05, 3.63) is 77.6 Å². The second-order valence-corrected chi connectivity index (χ2v) is 7.38. The van der Waals surface area contributed by atoms with Crippen molar-refractivity contribution in [1.82, 2.24) is 9.88 Å². The first-order valence-electron chi connectivity index (χ1n) is 9.19. The maximum absolute atomic E-state index is 5.53. The summed E-state index contributed by atoms with van der Waals surface area (Å²) in [5.41, 5.74) is 2.00. The van der Waals surface area contributed by atoms with Gasteiger partial charge >= 0.3 is 0 Å². The number of methoxy groups -OCH3 is 2. The lowest BCUT2D eigenvalue weighted by Gasteiger charge is -2.18. The van der Waals surface area contributed by atoms with Crippen LogP contribution in [0.4, 0.5) is 0 Å². The maximum Gasteiger partial charge on any atom is 0.161 e. The molecule has 0 radical (unpaired) electrons. The average molecular weight is 410 g/mol. The normalized spacial score (nSPS) is 11.1. The van der Waals surface area contributed by atoms with Gasteiger partial charge in [-0.3, -0.25) is 4.90 Å². The molecule has 0 aliphatic carbocycles. The van der Waals surface area contributed by atoms with Crippen LogP contribution in [0.3, 0.4) is 0 Å². The van der Waals surface area contributed by atoms with Crippen LogP contribution in [0.1, 0.15) is 17.2 Å². The molecule has 6 nitrogen and oxygen atoms in total. The molecule has 0 unspecified atom stereocenters. The van der Waals surface area contributed by atoms with Crippen molar-refractivity contribution in [3.8, 4) is 22.1 Å². The zero-order valence-electron chi connectivity index (χ0n) is 16.3. The Bertz CT molecular complexity index is 989. The number of hydrogen-bond donors (Lipinski definition) is 0. The molecule has 4 rings (SSSR count). The topological polar surface area (TPSA) is 60.9 Å². The van der Waals surface area contributed by atoms with Crippen molar-refractivity contribution < 1.29 is 18.3 Å². The molecule has 4 aromatic rings. The van der Waals surface area contributed by atoms with Crippen LogP contribution in [0.2, 0.25) is 0 Å². The Morgan fingerprint density at radius 2 is 1.59 bits per heavy atom. The number of benzene rings is 1. The van der Waals surface area contributed by atoms with E-state index in [0.717, 1.165) is 27.8 Å². The van der Waals surface area contributed by atoms with Gasteiger partial charge in [-0.2, -0.15) is 0 Å². The number of aromatic nitrogens is 1. The van der Waals surface area contributed by atoms with Gasteiger partial charge in [-0.25, -0.2) is 4.98 Å². The Hall–Kier alpha value is -3.03. The Kier molecular flexibility index (Phi) is 5.97. The summed E-state index contributed by atoms with van der Waals surface area (Å²) in [7, 11) is 3.27. The molecule has 0 saturated carbocycles. The Morgan fingerprint density at radius 3 is 2.17 bits per heavy atom. The molecule has 0 bridgehead atoms. The van der Waals surface area contributed by atoms with Gasteiger partial charge < -0.3 is 18.3 Å². The molecule has 150 valence electrons.